The minimum Gasteiger partial charge on any atom is -0.462 e. The number of amides is 1. The highest BCUT2D eigenvalue weighted by molar-refractivity contribution is 6.15. The topological polar surface area (TPSA) is 79.5 Å². The lowest BCUT2D eigenvalue weighted by Crippen LogP contribution is -2.33. The summed E-state index contributed by atoms with van der Waals surface area (Å²) in [6, 6.07) is 15.2. The van der Waals surface area contributed by atoms with Gasteiger partial charge in [-0.15, -0.1) is 0 Å². The number of para-hydroxylation sites is 2. The highest BCUT2D eigenvalue weighted by Crippen LogP contribution is 2.25. The van der Waals surface area contributed by atoms with Crippen LogP contribution >= 0.6 is 0 Å². The molecule has 0 bridgehead atoms. The number of fused-ring (bicyclic) bond motifs is 1. The molecule has 1 heterocycles. The molecule has 0 atom stereocenters. The van der Waals surface area contributed by atoms with E-state index in [4.69, 9.17) is 4.74 Å². The summed E-state index contributed by atoms with van der Waals surface area (Å²) in [6.07, 6.45) is 0. The summed E-state index contributed by atoms with van der Waals surface area (Å²) in [5.74, 6) is -0.841. The molecule has 6 heteroatoms. The number of hydrogen-bond donors (Lipinski definition) is 1. The maximum atomic E-state index is 13.3. The number of esters is 1. The average Bonchev–Trinajstić information content (AvgIpc) is 2.68. The van der Waals surface area contributed by atoms with Gasteiger partial charge in [-0.1, -0.05) is 30.3 Å². The number of H-pyrrole nitrogens is 1. The smallest absolute Gasteiger partial charge is 0.340 e. The SMILES string of the molecule is CCOC(=O)c1ccccc1N(CC)C(=O)c1cc(=O)[nH]c2ccccc12. The van der Waals surface area contributed by atoms with Crippen molar-refractivity contribution in [2.24, 2.45) is 0 Å². The number of benzene rings is 2. The predicted molar refractivity (Wildman–Crippen MR) is 104 cm³/mol. The second-order valence-electron chi connectivity index (χ2n) is 5.88. The Kier molecular flexibility index (Phi) is 5.35. The fourth-order valence-corrected chi connectivity index (χ4v) is 3.04. The summed E-state index contributed by atoms with van der Waals surface area (Å²) in [5.41, 5.74) is 1.28. The Bertz CT molecular complexity index is 1060. The molecule has 0 spiro atoms. The van der Waals surface area contributed by atoms with E-state index in [1.165, 1.54) is 11.0 Å². The first-order valence-corrected chi connectivity index (χ1v) is 8.76. The third kappa shape index (κ3) is 3.60. The van der Waals surface area contributed by atoms with Gasteiger partial charge in [-0.25, -0.2) is 4.79 Å². The Labute approximate surface area is 156 Å². The predicted octanol–water partition coefficient (Wildman–Crippen LogP) is 3.37. The van der Waals surface area contributed by atoms with Gasteiger partial charge in [0.2, 0.25) is 5.56 Å². The molecular weight excluding hydrogens is 344 g/mol. The Hall–Kier alpha value is -3.41. The van der Waals surface area contributed by atoms with Crippen LogP contribution in [0.4, 0.5) is 5.69 Å². The standard InChI is InChI=1S/C21H20N2O4/c1-3-23(18-12-8-6-10-15(18)21(26)27-4-2)20(25)16-13-19(24)22-17-11-7-5-9-14(16)17/h5-13H,3-4H2,1-2H3,(H,22,24). The van der Waals surface area contributed by atoms with E-state index in [0.717, 1.165) is 0 Å². The fraction of sp³-hybridized carbons (Fsp3) is 0.190. The van der Waals surface area contributed by atoms with Gasteiger partial charge < -0.3 is 14.6 Å². The van der Waals surface area contributed by atoms with Crippen molar-refractivity contribution in [1.82, 2.24) is 4.98 Å². The van der Waals surface area contributed by atoms with Gasteiger partial charge in [0, 0.05) is 23.5 Å². The number of nitrogens with one attached hydrogen (secondary N) is 1. The maximum absolute atomic E-state index is 13.3. The Morgan fingerprint density at radius 2 is 1.70 bits per heavy atom. The number of pyridine rings is 1. The molecule has 0 aliphatic rings. The number of aromatic amines is 1. The zero-order chi connectivity index (χ0) is 19.4. The number of anilines is 1. The van der Waals surface area contributed by atoms with Gasteiger partial charge >= 0.3 is 5.97 Å². The average molecular weight is 364 g/mol. The second-order valence-corrected chi connectivity index (χ2v) is 5.88. The van der Waals surface area contributed by atoms with Gasteiger partial charge in [0.25, 0.3) is 5.91 Å². The molecule has 0 unspecified atom stereocenters. The summed E-state index contributed by atoms with van der Waals surface area (Å²) in [5, 5.41) is 0.647. The maximum Gasteiger partial charge on any atom is 0.340 e. The van der Waals surface area contributed by atoms with Gasteiger partial charge in [-0.3, -0.25) is 9.59 Å². The zero-order valence-electron chi connectivity index (χ0n) is 15.2. The highest BCUT2D eigenvalue weighted by atomic mass is 16.5. The van der Waals surface area contributed by atoms with Gasteiger partial charge in [-0.05, 0) is 32.0 Å². The van der Waals surface area contributed by atoms with E-state index in [9.17, 15) is 14.4 Å². The summed E-state index contributed by atoms with van der Waals surface area (Å²) in [4.78, 5) is 41.8. The molecule has 0 aliphatic heterocycles. The lowest BCUT2D eigenvalue weighted by Gasteiger charge is -2.24. The van der Waals surface area contributed by atoms with Crippen LogP contribution in [0.25, 0.3) is 10.9 Å². The van der Waals surface area contributed by atoms with Gasteiger partial charge in [0.1, 0.15) is 0 Å². The first-order chi connectivity index (χ1) is 13.1. The molecule has 2 aromatic carbocycles. The lowest BCUT2D eigenvalue weighted by molar-refractivity contribution is 0.0527. The van der Waals surface area contributed by atoms with E-state index in [0.29, 0.717) is 28.7 Å². The van der Waals surface area contributed by atoms with Crippen molar-refractivity contribution in [2.75, 3.05) is 18.1 Å². The Morgan fingerprint density at radius 3 is 2.44 bits per heavy atom. The van der Waals surface area contributed by atoms with E-state index < -0.39 is 5.97 Å². The number of carbonyl (C=O) groups is 2. The Morgan fingerprint density at radius 1 is 1.00 bits per heavy atom. The van der Waals surface area contributed by atoms with E-state index in [-0.39, 0.29) is 23.6 Å². The summed E-state index contributed by atoms with van der Waals surface area (Å²) < 4.78 is 5.11. The molecular formula is C21H20N2O4. The number of rotatable bonds is 5. The second kappa shape index (κ2) is 7.86. The van der Waals surface area contributed by atoms with Crippen molar-refractivity contribution in [3.05, 3.63) is 76.1 Å². The van der Waals surface area contributed by atoms with Gasteiger partial charge in [-0.2, -0.15) is 0 Å². The molecule has 0 aliphatic carbocycles. The number of aromatic nitrogens is 1. The van der Waals surface area contributed by atoms with E-state index >= 15 is 0 Å². The van der Waals surface area contributed by atoms with Crippen LogP contribution in [0, 0.1) is 0 Å². The number of ether oxygens (including phenoxy) is 1. The molecule has 0 saturated carbocycles. The van der Waals surface area contributed by atoms with Crippen molar-refractivity contribution in [2.45, 2.75) is 13.8 Å². The van der Waals surface area contributed by atoms with Crippen molar-refractivity contribution < 1.29 is 14.3 Å². The van der Waals surface area contributed by atoms with Crippen LogP contribution in [-0.4, -0.2) is 30.0 Å². The zero-order valence-corrected chi connectivity index (χ0v) is 15.2. The van der Waals surface area contributed by atoms with Crippen LogP contribution in [-0.2, 0) is 4.74 Å². The molecule has 3 aromatic rings. The van der Waals surface area contributed by atoms with Crippen LogP contribution in [0.15, 0.2) is 59.4 Å². The van der Waals surface area contributed by atoms with Gasteiger partial charge in [0.05, 0.1) is 23.4 Å². The van der Waals surface area contributed by atoms with Crippen molar-refractivity contribution >= 4 is 28.5 Å². The Balaban J connectivity index is 2.12. The number of carbonyl (C=O) groups excluding carboxylic acids is 2. The molecule has 0 radical (unpaired) electrons. The molecule has 1 N–H and O–H groups in total. The van der Waals surface area contributed by atoms with Gasteiger partial charge in [0.15, 0.2) is 0 Å². The third-order valence-electron chi connectivity index (χ3n) is 4.23. The largest absolute Gasteiger partial charge is 0.462 e. The highest BCUT2D eigenvalue weighted by Gasteiger charge is 2.23. The van der Waals surface area contributed by atoms with Crippen LogP contribution in [0.3, 0.4) is 0 Å². The molecule has 1 amide bonds. The first kappa shape index (κ1) is 18.4. The van der Waals surface area contributed by atoms with E-state index in [2.05, 4.69) is 4.98 Å². The quantitative estimate of drug-likeness (QED) is 0.704. The monoisotopic (exact) mass is 364 g/mol. The van der Waals surface area contributed by atoms with Crippen molar-refractivity contribution in [3.8, 4) is 0 Å². The third-order valence-corrected chi connectivity index (χ3v) is 4.23. The molecule has 0 saturated heterocycles. The first-order valence-electron chi connectivity index (χ1n) is 8.76. The van der Waals surface area contributed by atoms with Crippen molar-refractivity contribution in [1.29, 1.82) is 0 Å². The van der Waals surface area contributed by atoms with E-state index in [1.807, 2.05) is 6.92 Å². The molecule has 0 fully saturated rings. The molecule has 138 valence electrons. The number of hydrogen-bond acceptors (Lipinski definition) is 4. The minimum absolute atomic E-state index is 0.242. The van der Waals surface area contributed by atoms with Crippen LogP contribution in [0.5, 0.6) is 0 Å². The number of nitrogens with zero attached hydrogens (tertiary/aromatic N) is 1. The van der Waals surface area contributed by atoms with Crippen molar-refractivity contribution in [3.63, 3.8) is 0 Å². The van der Waals surface area contributed by atoms with Crippen LogP contribution in [0.2, 0.25) is 0 Å². The summed E-state index contributed by atoms with van der Waals surface area (Å²) in [7, 11) is 0. The minimum atomic E-state index is -0.491. The molecule has 3 rings (SSSR count). The van der Waals surface area contributed by atoms with E-state index in [1.54, 1.807) is 55.5 Å². The molecule has 1 aromatic heterocycles. The summed E-state index contributed by atoms with van der Waals surface area (Å²) >= 11 is 0. The molecule has 6 nitrogen and oxygen atoms in total. The van der Waals surface area contributed by atoms with Crippen LogP contribution in [0.1, 0.15) is 34.6 Å². The molecule has 27 heavy (non-hydrogen) atoms. The van der Waals surface area contributed by atoms with Crippen LogP contribution < -0.4 is 10.5 Å². The lowest BCUT2D eigenvalue weighted by atomic mass is 10.1. The fourth-order valence-electron chi connectivity index (χ4n) is 3.04. The normalized spacial score (nSPS) is 10.6. The summed E-state index contributed by atoms with van der Waals surface area (Å²) in [6.45, 7) is 4.11.